The SMILES string of the molecule is CN1CC=C2C(C#N)=C(N)C(C#N)(C#N)[C@H](CCc3ccccc3)[C@@H]2C1. The van der Waals surface area contributed by atoms with E-state index in [1.165, 1.54) is 5.56 Å². The number of rotatable bonds is 3. The average Bonchev–Trinajstić information content (AvgIpc) is 2.67. The van der Waals surface area contributed by atoms with Crippen molar-refractivity contribution in [1.29, 1.82) is 15.8 Å². The molecule has 0 bridgehead atoms. The van der Waals surface area contributed by atoms with Crippen LogP contribution in [0.2, 0.25) is 0 Å². The van der Waals surface area contributed by atoms with Gasteiger partial charge in [-0.3, -0.25) is 0 Å². The molecule has 0 aromatic heterocycles. The van der Waals surface area contributed by atoms with E-state index in [4.69, 9.17) is 5.73 Å². The zero-order valence-electron chi connectivity index (χ0n) is 14.8. The van der Waals surface area contributed by atoms with Crippen LogP contribution in [0.5, 0.6) is 0 Å². The zero-order valence-corrected chi connectivity index (χ0v) is 14.8. The lowest BCUT2D eigenvalue weighted by Crippen LogP contribution is -2.48. The molecule has 1 aliphatic heterocycles. The number of benzene rings is 1. The molecule has 2 aliphatic rings. The first-order valence-electron chi connectivity index (χ1n) is 8.73. The zero-order chi connectivity index (χ0) is 18.7. The number of nitrogens with zero attached hydrogens (tertiary/aromatic N) is 4. The molecule has 0 saturated heterocycles. The molecule has 0 saturated carbocycles. The van der Waals surface area contributed by atoms with E-state index in [9.17, 15) is 15.8 Å². The normalized spacial score (nSPS) is 24.6. The third kappa shape index (κ3) is 2.76. The van der Waals surface area contributed by atoms with E-state index in [2.05, 4.69) is 23.1 Å². The Balaban J connectivity index is 2.07. The number of hydrogen-bond donors (Lipinski definition) is 1. The lowest BCUT2D eigenvalue weighted by Gasteiger charge is -2.45. The fraction of sp³-hybridized carbons (Fsp3) is 0.381. The first kappa shape index (κ1) is 17.7. The van der Waals surface area contributed by atoms with Crippen molar-refractivity contribution in [1.82, 2.24) is 4.90 Å². The summed E-state index contributed by atoms with van der Waals surface area (Å²) in [6, 6.07) is 16.5. The van der Waals surface area contributed by atoms with Crippen molar-refractivity contribution >= 4 is 0 Å². The van der Waals surface area contributed by atoms with Gasteiger partial charge in [-0.1, -0.05) is 36.4 Å². The molecule has 1 aromatic carbocycles. The summed E-state index contributed by atoms with van der Waals surface area (Å²) in [5.41, 5.74) is 7.30. The summed E-state index contributed by atoms with van der Waals surface area (Å²) in [6.45, 7) is 1.46. The maximum absolute atomic E-state index is 9.92. The van der Waals surface area contributed by atoms with Crippen LogP contribution >= 0.6 is 0 Å². The summed E-state index contributed by atoms with van der Waals surface area (Å²) in [6.07, 6.45) is 3.45. The molecule has 1 heterocycles. The van der Waals surface area contributed by atoms with Gasteiger partial charge in [0.15, 0.2) is 5.41 Å². The van der Waals surface area contributed by atoms with Gasteiger partial charge in [0.2, 0.25) is 0 Å². The molecule has 1 aliphatic carbocycles. The quantitative estimate of drug-likeness (QED) is 0.909. The molecule has 26 heavy (non-hydrogen) atoms. The Morgan fingerprint density at radius 2 is 1.88 bits per heavy atom. The minimum Gasteiger partial charge on any atom is -0.399 e. The van der Waals surface area contributed by atoms with Crippen LogP contribution in [0.25, 0.3) is 0 Å². The van der Waals surface area contributed by atoms with E-state index < -0.39 is 5.41 Å². The summed E-state index contributed by atoms with van der Waals surface area (Å²) in [5.74, 6) is -0.289. The maximum atomic E-state index is 9.92. The van der Waals surface area contributed by atoms with E-state index in [1.807, 2.05) is 43.5 Å². The lowest BCUT2D eigenvalue weighted by molar-refractivity contribution is 0.178. The smallest absolute Gasteiger partial charge is 0.187 e. The molecular weight excluding hydrogens is 322 g/mol. The van der Waals surface area contributed by atoms with Gasteiger partial charge in [-0.25, -0.2) is 0 Å². The number of hydrogen-bond acceptors (Lipinski definition) is 5. The van der Waals surface area contributed by atoms with Gasteiger partial charge in [-0.2, -0.15) is 15.8 Å². The molecule has 0 radical (unpaired) electrons. The van der Waals surface area contributed by atoms with Crippen molar-refractivity contribution in [2.45, 2.75) is 12.8 Å². The van der Waals surface area contributed by atoms with Crippen LogP contribution < -0.4 is 5.73 Å². The Morgan fingerprint density at radius 3 is 2.50 bits per heavy atom. The summed E-state index contributed by atoms with van der Waals surface area (Å²) in [7, 11) is 2.01. The topological polar surface area (TPSA) is 101 Å². The summed E-state index contributed by atoms with van der Waals surface area (Å²) >= 11 is 0. The first-order valence-corrected chi connectivity index (χ1v) is 8.73. The molecule has 0 fully saturated rings. The van der Waals surface area contributed by atoms with E-state index in [0.29, 0.717) is 12.0 Å². The van der Waals surface area contributed by atoms with Crippen LogP contribution in [-0.2, 0) is 6.42 Å². The van der Waals surface area contributed by atoms with Crippen LogP contribution in [0.3, 0.4) is 0 Å². The van der Waals surface area contributed by atoms with Gasteiger partial charge in [0.25, 0.3) is 0 Å². The number of nitriles is 3. The molecule has 0 spiro atoms. The van der Waals surface area contributed by atoms with Crippen LogP contribution in [0, 0.1) is 51.2 Å². The van der Waals surface area contributed by atoms with Crippen molar-refractivity contribution < 1.29 is 0 Å². The lowest BCUT2D eigenvalue weighted by atomic mass is 9.58. The molecule has 2 atom stereocenters. The van der Waals surface area contributed by atoms with Gasteiger partial charge in [-0.15, -0.1) is 0 Å². The highest BCUT2D eigenvalue weighted by Crippen LogP contribution is 2.50. The van der Waals surface area contributed by atoms with Crippen molar-refractivity contribution in [2.75, 3.05) is 20.1 Å². The third-order valence-electron chi connectivity index (χ3n) is 5.61. The van der Waals surface area contributed by atoms with Crippen molar-refractivity contribution in [2.24, 2.45) is 23.0 Å². The van der Waals surface area contributed by atoms with Crippen LogP contribution in [0.15, 0.2) is 53.3 Å². The Bertz CT molecular complexity index is 862. The highest BCUT2D eigenvalue weighted by Gasteiger charge is 2.53. The molecule has 1 aromatic rings. The van der Waals surface area contributed by atoms with E-state index in [0.717, 1.165) is 25.1 Å². The Labute approximate surface area is 154 Å². The fourth-order valence-corrected chi connectivity index (χ4v) is 4.22. The summed E-state index contributed by atoms with van der Waals surface area (Å²) in [5, 5.41) is 29.5. The molecule has 2 N–H and O–H groups in total. The highest BCUT2D eigenvalue weighted by molar-refractivity contribution is 5.56. The number of allylic oxidation sites excluding steroid dienone is 2. The van der Waals surface area contributed by atoms with Crippen LogP contribution in [-0.4, -0.2) is 25.0 Å². The number of likely N-dealkylation sites (N-methyl/N-ethyl adjacent to an activating group) is 1. The van der Waals surface area contributed by atoms with Crippen molar-refractivity contribution in [3.8, 4) is 18.2 Å². The van der Waals surface area contributed by atoms with Gasteiger partial charge in [0.05, 0.1) is 23.4 Å². The average molecular weight is 343 g/mol. The molecular formula is C21H21N5. The Hall–Kier alpha value is -3.07. The number of aryl methyl sites for hydroxylation is 1. The van der Waals surface area contributed by atoms with Crippen LogP contribution in [0.4, 0.5) is 0 Å². The van der Waals surface area contributed by atoms with Gasteiger partial charge in [0, 0.05) is 24.9 Å². The summed E-state index contributed by atoms with van der Waals surface area (Å²) in [4.78, 5) is 2.15. The fourth-order valence-electron chi connectivity index (χ4n) is 4.22. The third-order valence-corrected chi connectivity index (χ3v) is 5.61. The molecule has 3 rings (SSSR count). The van der Waals surface area contributed by atoms with Crippen molar-refractivity contribution in [3.63, 3.8) is 0 Å². The predicted molar refractivity (Wildman–Crippen MR) is 97.8 cm³/mol. The second-order valence-electron chi connectivity index (χ2n) is 7.05. The van der Waals surface area contributed by atoms with Gasteiger partial charge in [0.1, 0.15) is 6.07 Å². The van der Waals surface area contributed by atoms with Gasteiger partial charge < -0.3 is 10.6 Å². The Morgan fingerprint density at radius 1 is 1.19 bits per heavy atom. The van der Waals surface area contributed by atoms with Gasteiger partial charge in [-0.05, 0) is 31.0 Å². The second kappa shape index (κ2) is 7.04. The van der Waals surface area contributed by atoms with Crippen LogP contribution in [0.1, 0.15) is 12.0 Å². The largest absolute Gasteiger partial charge is 0.399 e. The highest BCUT2D eigenvalue weighted by atomic mass is 15.1. The molecule has 130 valence electrons. The number of nitrogens with two attached hydrogens (primary N) is 1. The maximum Gasteiger partial charge on any atom is 0.187 e. The Kier molecular flexibility index (Phi) is 4.81. The van der Waals surface area contributed by atoms with E-state index in [1.54, 1.807) is 0 Å². The second-order valence-corrected chi connectivity index (χ2v) is 7.05. The molecule has 5 nitrogen and oxygen atoms in total. The van der Waals surface area contributed by atoms with Crippen molar-refractivity contribution in [3.05, 3.63) is 58.8 Å². The van der Waals surface area contributed by atoms with Gasteiger partial charge >= 0.3 is 0 Å². The standard InChI is InChI=1S/C21H21N5/c1-26-10-9-16-17(11-22)20(25)21(13-23,14-24)19(18(16)12-26)8-7-15-5-3-2-4-6-15/h2-6,9,18-19H,7-8,10,12,25H2,1H3/t18-,19-/m1/s1. The predicted octanol–water partition coefficient (Wildman–Crippen LogP) is 2.51. The molecule has 0 unspecified atom stereocenters. The minimum atomic E-state index is -1.46. The first-order chi connectivity index (χ1) is 12.6. The molecule has 5 heteroatoms. The minimum absolute atomic E-state index is 0.0429. The summed E-state index contributed by atoms with van der Waals surface area (Å²) < 4.78 is 0. The van der Waals surface area contributed by atoms with E-state index in [-0.39, 0.29) is 17.5 Å². The van der Waals surface area contributed by atoms with E-state index >= 15 is 0 Å². The molecule has 0 amide bonds. The monoisotopic (exact) mass is 343 g/mol. The number of fused-ring (bicyclic) bond motifs is 1.